The molecule has 0 fully saturated rings. The van der Waals surface area contributed by atoms with Crippen LogP contribution in [-0.2, 0) is 13.2 Å². The second-order valence-electron chi connectivity index (χ2n) is 6.16. The highest BCUT2D eigenvalue weighted by atomic mass is 35.5. The number of furan rings is 1. The maximum atomic E-state index is 12.3. The third-order valence-corrected chi connectivity index (χ3v) is 4.68. The van der Waals surface area contributed by atoms with Crippen molar-refractivity contribution in [1.82, 2.24) is 9.78 Å². The maximum absolute atomic E-state index is 12.3. The topological polar surface area (TPSA) is 57.3 Å². The summed E-state index contributed by atoms with van der Waals surface area (Å²) in [5.74, 6) is 1.89. The van der Waals surface area contributed by atoms with E-state index in [0.717, 1.165) is 23.6 Å². The van der Waals surface area contributed by atoms with Crippen molar-refractivity contribution in [3.8, 4) is 5.75 Å². The first kappa shape index (κ1) is 19.0. The molecule has 0 radical (unpaired) electrons. The highest BCUT2D eigenvalue weighted by Gasteiger charge is 2.11. The van der Waals surface area contributed by atoms with Crippen molar-refractivity contribution in [3.05, 3.63) is 76.0 Å². The fourth-order valence-corrected chi connectivity index (χ4v) is 2.80. The number of hydrogen-bond donors (Lipinski definition) is 0. The van der Waals surface area contributed by atoms with E-state index in [0.29, 0.717) is 28.7 Å². The van der Waals surface area contributed by atoms with Gasteiger partial charge in [-0.05, 0) is 68.8 Å². The molecule has 0 saturated heterocycles. The molecule has 3 rings (SSSR count). The fraction of sp³-hybridized carbons (Fsp3) is 0.238. The number of aryl methyl sites for hydroxylation is 2. The molecule has 2 heterocycles. The molecule has 0 unspecified atom stereocenters. The van der Waals surface area contributed by atoms with E-state index in [4.69, 9.17) is 20.8 Å². The normalized spacial score (nSPS) is 11.3. The van der Waals surface area contributed by atoms with Gasteiger partial charge in [-0.15, -0.1) is 0 Å². The summed E-state index contributed by atoms with van der Waals surface area (Å²) in [4.78, 5) is 12.3. The monoisotopic (exact) mass is 384 g/mol. The highest BCUT2D eigenvalue weighted by molar-refractivity contribution is 6.31. The van der Waals surface area contributed by atoms with Gasteiger partial charge in [0, 0.05) is 17.3 Å². The molecule has 0 bridgehead atoms. The third-order valence-electron chi connectivity index (χ3n) is 4.26. The predicted octanol–water partition coefficient (Wildman–Crippen LogP) is 5.24. The SMILES string of the molecule is CCn1ncc(C(=O)/C=C/c2ccc(COc3ccc(Cl)c(C)c3)o2)c1C. The number of ether oxygens (including phenoxy) is 1. The zero-order chi connectivity index (χ0) is 19.4. The van der Waals surface area contributed by atoms with Gasteiger partial charge in [0.25, 0.3) is 0 Å². The summed E-state index contributed by atoms with van der Waals surface area (Å²) in [5.41, 5.74) is 2.41. The number of allylic oxidation sites excluding steroid dienone is 1. The molecule has 0 aliphatic heterocycles. The molecule has 0 spiro atoms. The van der Waals surface area contributed by atoms with Gasteiger partial charge in [0.15, 0.2) is 5.78 Å². The lowest BCUT2D eigenvalue weighted by Gasteiger charge is -2.05. The minimum absolute atomic E-state index is 0.0990. The minimum Gasteiger partial charge on any atom is -0.486 e. The molecule has 140 valence electrons. The molecule has 0 amide bonds. The van der Waals surface area contributed by atoms with Crippen LogP contribution in [0.2, 0.25) is 5.02 Å². The Hall–Kier alpha value is -2.79. The lowest BCUT2D eigenvalue weighted by atomic mass is 10.1. The average molecular weight is 385 g/mol. The number of hydrogen-bond acceptors (Lipinski definition) is 4. The van der Waals surface area contributed by atoms with Gasteiger partial charge < -0.3 is 9.15 Å². The van der Waals surface area contributed by atoms with E-state index in [1.165, 1.54) is 6.08 Å². The number of rotatable bonds is 7. The number of carbonyl (C=O) groups is 1. The molecule has 0 saturated carbocycles. The summed E-state index contributed by atoms with van der Waals surface area (Å²) in [6, 6.07) is 9.13. The first-order chi connectivity index (χ1) is 13.0. The van der Waals surface area contributed by atoms with Crippen LogP contribution < -0.4 is 4.74 Å². The van der Waals surface area contributed by atoms with Crippen molar-refractivity contribution in [1.29, 1.82) is 0 Å². The number of carbonyl (C=O) groups excluding carboxylic acids is 1. The molecular formula is C21H21ClN2O3. The Morgan fingerprint density at radius 3 is 2.81 bits per heavy atom. The second-order valence-corrected chi connectivity index (χ2v) is 6.57. The van der Waals surface area contributed by atoms with E-state index in [-0.39, 0.29) is 5.78 Å². The molecule has 0 atom stereocenters. The van der Waals surface area contributed by atoms with Crippen LogP contribution in [0.15, 0.2) is 47.0 Å². The number of ketones is 1. The minimum atomic E-state index is -0.0990. The van der Waals surface area contributed by atoms with Crippen LogP contribution in [0.5, 0.6) is 5.75 Å². The first-order valence-electron chi connectivity index (χ1n) is 8.70. The molecule has 6 heteroatoms. The van der Waals surface area contributed by atoms with Crippen LogP contribution in [0.4, 0.5) is 0 Å². The Balaban J connectivity index is 1.61. The summed E-state index contributed by atoms with van der Waals surface area (Å²) >= 11 is 6.01. The molecule has 0 N–H and O–H groups in total. The summed E-state index contributed by atoms with van der Waals surface area (Å²) in [5, 5.41) is 4.90. The second kappa shape index (κ2) is 8.27. The highest BCUT2D eigenvalue weighted by Crippen LogP contribution is 2.22. The Kier molecular flexibility index (Phi) is 5.81. The van der Waals surface area contributed by atoms with Crippen molar-refractivity contribution >= 4 is 23.5 Å². The number of halogens is 1. The first-order valence-corrected chi connectivity index (χ1v) is 9.08. The molecule has 5 nitrogen and oxygen atoms in total. The van der Waals surface area contributed by atoms with Gasteiger partial charge >= 0.3 is 0 Å². The van der Waals surface area contributed by atoms with Crippen molar-refractivity contribution in [2.45, 2.75) is 33.9 Å². The van der Waals surface area contributed by atoms with Gasteiger partial charge in [0.2, 0.25) is 0 Å². The zero-order valence-corrected chi connectivity index (χ0v) is 16.3. The summed E-state index contributed by atoms with van der Waals surface area (Å²) in [6.45, 7) is 6.83. The van der Waals surface area contributed by atoms with Gasteiger partial charge in [0.1, 0.15) is 23.9 Å². The van der Waals surface area contributed by atoms with E-state index in [1.807, 2.05) is 39.0 Å². The Labute approximate surface area is 163 Å². The van der Waals surface area contributed by atoms with E-state index in [9.17, 15) is 4.79 Å². The molecule has 0 aliphatic rings. The molecule has 2 aromatic heterocycles. The number of aromatic nitrogens is 2. The zero-order valence-electron chi connectivity index (χ0n) is 15.5. The lowest BCUT2D eigenvalue weighted by Crippen LogP contribution is -2.01. The van der Waals surface area contributed by atoms with Crippen LogP contribution in [0, 0.1) is 13.8 Å². The Morgan fingerprint density at radius 1 is 1.30 bits per heavy atom. The Morgan fingerprint density at radius 2 is 2.11 bits per heavy atom. The van der Waals surface area contributed by atoms with E-state index in [2.05, 4.69) is 5.10 Å². The van der Waals surface area contributed by atoms with Crippen molar-refractivity contribution < 1.29 is 13.9 Å². The molecule has 3 aromatic rings. The standard InChI is InChI=1S/C21H21ClN2O3/c1-4-24-15(3)19(12-23-24)21(25)10-8-16-5-6-18(27-16)13-26-17-7-9-20(22)14(2)11-17/h5-12H,4,13H2,1-3H3/b10-8+. The summed E-state index contributed by atoms with van der Waals surface area (Å²) < 4.78 is 13.2. The van der Waals surface area contributed by atoms with Crippen molar-refractivity contribution in [2.24, 2.45) is 0 Å². The largest absolute Gasteiger partial charge is 0.486 e. The van der Waals surface area contributed by atoms with Gasteiger partial charge in [-0.1, -0.05) is 11.6 Å². The van der Waals surface area contributed by atoms with Crippen LogP contribution in [-0.4, -0.2) is 15.6 Å². The third kappa shape index (κ3) is 4.49. The fourth-order valence-electron chi connectivity index (χ4n) is 2.68. The Bertz CT molecular complexity index is 985. The van der Waals surface area contributed by atoms with Gasteiger partial charge in [-0.2, -0.15) is 5.10 Å². The molecule has 0 aliphatic carbocycles. The molecule has 1 aromatic carbocycles. The molecule has 27 heavy (non-hydrogen) atoms. The van der Waals surface area contributed by atoms with Crippen LogP contribution in [0.1, 0.15) is 40.1 Å². The van der Waals surface area contributed by atoms with Crippen molar-refractivity contribution in [3.63, 3.8) is 0 Å². The summed E-state index contributed by atoms with van der Waals surface area (Å²) in [6.07, 6.45) is 4.75. The van der Waals surface area contributed by atoms with E-state index < -0.39 is 0 Å². The predicted molar refractivity (Wildman–Crippen MR) is 105 cm³/mol. The smallest absolute Gasteiger partial charge is 0.189 e. The number of nitrogens with zero attached hydrogens (tertiary/aromatic N) is 2. The lowest BCUT2D eigenvalue weighted by molar-refractivity contribution is 0.104. The van der Waals surface area contributed by atoms with Gasteiger partial charge in [-0.3, -0.25) is 9.48 Å². The van der Waals surface area contributed by atoms with Crippen molar-refractivity contribution in [2.75, 3.05) is 0 Å². The average Bonchev–Trinajstić information content (AvgIpc) is 3.27. The number of benzene rings is 1. The van der Waals surface area contributed by atoms with Gasteiger partial charge in [-0.25, -0.2) is 0 Å². The van der Waals surface area contributed by atoms with E-state index >= 15 is 0 Å². The van der Waals surface area contributed by atoms with Crippen LogP contribution >= 0.6 is 11.6 Å². The quantitative estimate of drug-likeness (QED) is 0.413. The van der Waals surface area contributed by atoms with E-state index in [1.54, 1.807) is 29.1 Å². The maximum Gasteiger partial charge on any atom is 0.189 e. The molecular weight excluding hydrogens is 364 g/mol. The summed E-state index contributed by atoms with van der Waals surface area (Å²) in [7, 11) is 0. The van der Waals surface area contributed by atoms with Crippen LogP contribution in [0.3, 0.4) is 0 Å². The van der Waals surface area contributed by atoms with Crippen LogP contribution in [0.25, 0.3) is 6.08 Å². The van der Waals surface area contributed by atoms with Gasteiger partial charge in [0.05, 0.1) is 11.8 Å².